The second-order valence-corrected chi connectivity index (χ2v) is 7.95. The zero-order chi connectivity index (χ0) is 20.3. The first-order chi connectivity index (χ1) is 14.8. The van der Waals surface area contributed by atoms with Gasteiger partial charge in [0.05, 0.1) is 4.70 Å². The van der Waals surface area contributed by atoms with Gasteiger partial charge < -0.3 is 19.0 Å². The molecule has 3 heterocycles. The fourth-order valence-corrected chi connectivity index (χ4v) is 4.42. The minimum absolute atomic E-state index is 0.0799. The molecule has 4 aromatic rings. The first-order valence-electron chi connectivity index (χ1n) is 9.93. The van der Waals surface area contributed by atoms with Crippen LogP contribution in [0.4, 0.5) is 5.82 Å². The molecule has 1 amide bonds. The van der Waals surface area contributed by atoms with Gasteiger partial charge in [-0.1, -0.05) is 30.3 Å². The molecule has 30 heavy (non-hydrogen) atoms. The van der Waals surface area contributed by atoms with Gasteiger partial charge in [-0.15, -0.1) is 0 Å². The predicted octanol–water partition coefficient (Wildman–Crippen LogP) is 4.43. The topological polar surface area (TPSA) is 58.8 Å². The van der Waals surface area contributed by atoms with E-state index < -0.39 is 0 Å². The normalized spacial score (nSPS) is 14.3. The van der Waals surface area contributed by atoms with E-state index >= 15 is 0 Å². The summed E-state index contributed by atoms with van der Waals surface area (Å²) in [5, 5.41) is 1.18. The van der Waals surface area contributed by atoms with Crippen LogP contribution in [-0.4, -0.2) is 41.4 Å². The quantitative estimate of drug-likeness (QED) is 0.479. The van der Waals surface area contributed by atoms with Gasteiger partial charge in [-0.05, 0) is 47.9 Å². The smallest absolute Gasteiger partial charge is 0.289 e. The third-order valence-corrected chi connectivity index (χ3v) is 6.04. The van der Waals surface area contributed by atoms with E-state index in [0.717, 1.165) is 24.7 Å². The number of anilines is 1. The van der Waals surface area contributed by atoms with Crippen LogP contribution >= 0.6 is 11.5 Å². The van der Waals surface area contributed by atoms with E-state index in [0.29, 0.717) is 31.2 Å². The molecular formula is C23H21N3O3S. The molecule has 2 aromatic carbocycles. The van der Waals surface area contributed by atoms with Gasteiger partial charge in [-0.2, -0.15) is 4.37 Å². The van der Waals surface area contributed by atoms with Gasteiger partial charge in [0.25, 0.3) is 5.91 Å². The van der Waals surface area contributed by atoms with Crippen molar-refractivity contribution in [3.63, 3.8) is 0 Å². The van der Waals surface area contributed by atoms with E-state index in [-0.39, 0.29) is 5.91 Å². The molecule has 0 unspecified atom stereocenters. The number of hydrogen-bond donors (Lipinski definition) is 0. The van der Waals surface area contributed by atoms with Crippen molar-refractivity contribution in [2.24, 2.45) is 0 Å². The van der Waals surface area contributed by atoms with Crippen molar-refractivity contribution in [2.75, 3.05) is 31.1 Å². The summed E-state index contributed by atoms with van der Waals surface area (Å²) in [6.45, 7) is 3.08. The van der Waals surface area contributed by atoms with Gasteiger partial charge in [0.1, 0.15) is 23.9 Å². The molecule has 152 valence electrons. The molecule has 0 radical (unpaired) electrons. The van der Waals surface area contributed by atoms with Crippen LogP contribution in [0.25, 0.3) is 10.1 Å². The first-order valence-corrected chi connectivity index (χ1v) is 10.7. The zero-order valence-corrected chi connectivity index (χ0v) is 17.2. The van der Waals surface area contributed by atoms with Crippen molar-refractivity contribution in [2.45, 2.75) is 6.61 Å². The molecule has 0 saturated carbocycles. The number of fused-ring (bicyclic) bond motifs is 1. The van der Waals surface area contributed by atoms with Crippen LogP contribution in [0, 0.1) is 0 Å². The number of carbonyl (C=O) groups excluding carboxylic acids is 1. The molecule has 1 fully saturated rings. The van der Waals surface area contributed by atoms with Crippen molar-refractivity contribution in [1.82, 2.24) is 9.27 Å². The molecule has 0 spiro atoms. The first kappa shape index (κ1) is 18.7. The summed E-state index contributed by atoms with van der Waals surface area (Å²) in [6.07, 6.45) is 0. The molecule has 0 aliphatic carbocycles. The summed E-state index contributed by atoms with van der Waals surface area (Å²) in [5.74, 6) is 2.70. The fourth-order valence-electron chi connectivity index (χ4n) is 3.62. The van der Waals surface area contributed by atoms with E-state index in [9.17, 15) is 4.79 Å². The number of nitrogens with zero attached hydrogens (tertiary/aromatic N) is 3. The third-order valence-electron chi connectivity index (χ3n) is 5.22. The van der Waals surface area contributed by atoms with Crippen LogP contribution in [-0.2, 0) is 6.61 Å². The highest BCUT2D eigenvalue weighted by molar-refractivity contribution is 7.13. The summed E-state index contributed by atoms with van der Waals surface area (Å²) >= 11 is 1.52. The maximum Gasteiger partial charge on any atom is 0.289 e. The Kier molecular flexibility index (Phi) is 5.11. The highest BCUT2D eigenvalue weighted by Crippen LogP contribution is 2.30. The highest BCUT2D eigenvalue weighted by atomic mass is 32.1. The summed E-state index contributed by atoms with van der Waals surface area (Å²) in [6, 6.07) is 21.3. The van der Waals surface area contributed by atoms with Gasteiger partial charge in [0, 0.05) is 31.6 Å². The molecule has 1 aliphatic heterocycles. The van der Waals surface area contributed by atoms with Gasteiger partial charge in [-0.3, -0.25) is 4.79 Å². The zero-order valence-electron chi connectivity index (χ0n) is 16.4. The number of amides is 1. The maximum atomic E-state index is 12.9. The van der Waals surface area contributed by atoms with Crippen LogP contribution < -0.4 is 9.64 Å². The van der Waals surface area contributed by atoms with Gasteiger partial charge in [0.2, 0.25) is 0 Å². The van der Waals surface area contributed by atoms with Crippen molar-refractivity contribution in [3.8, 4) is 5.75 Å². The minimum Gasteiger partial charge on any atom is -0.486 e. The summed E-state index contributed by atoms with van der Waals surface area (Å²) < 4.78 is 17.2. The van der Waals surface area contributed by atoms with Gasteiger partial charge in [-0.25, -0.2) is 0 Å². The van der Waals surface area contributed by atoms with Crippen LogP contribution in [0.5, 0.6) is 5.75 Å². The highest BCUT2D eigenvalue weighted by Gasteiger charge is 2.26. The Morgan fingerprint density at radius 3 is 2.57 bits per heavy atom. The van der Waals surface area contributed by atoms with E-state index in [2.05, 4.69) is 21.4 Å². The SMILES string of the molecule is O=C(c1ccc(COc2ccccc2)o1)N1CCN(c2nsc3ccccc23)CC1. The summed E-state index contributed by atoms with van der Waals surface area (Å²) in [5.41, 5.74) is 0. The van der Waals surface area contributed by atoms with Crippen molar-refractivity contribution in [3.05, 3.63) is 78.3 Å². The number of carbonyl (C=O) groups is 1. The molecule has 1 aliphatic rings. The monoisotopic (exact) mass is 419 g/mol. The lowest BCUT2D eigenvalue weighted by Gasteiger charge is -2.34. The van der Waals surface area contributed by atoms with Crippen LogP contribution in [0.1, 0.15) is 16.3 Å². The number of benzene rings is 2. The molecular weight excluding hydrogens is 398 g/mol. The molecule has 7 heteroatoms. The van der Waals surface area contributed by atoms with Crippen LogP contribution in [0.15, 0.2) is 71.1 Å². The van der Waals surface area contributed by atoms with E-state index in [1.807, 2.05) is 47.4 Å². The molecule has 6 nitrogen and oxygen atoms in total. The predicted molar refractivity (Wildman–Crippen MR) is 117 cm³/mol. The average Bonchev–Trinajstić information content (AvgIpc) is 3.45. The number of hydrogen-bond acceptors (Lipinski definition) is 6. The number of ether oxygens (including phenoxy) is 1. The molecule has 0 N–H and O–H groups in total. The number of rotatable bonds is 5. The van der Waals surface area contributed by atoms with Crippen molar-refractivity contribution >= 4 is 33.3 Å². The lowest BCUT2D eigenvalue weighted by molar-refractivity contribution is 0.0710. The van der Waals surface area contributed by atoms with Crippen LogP contribution in [0.2, 0.25) is 0 Å². The Hall–Kier alpha value is -3.32. The standard InChI is InChI=1S/C23H21N3O3S/c27-23(20-11-10-18(29-20)16-28-17-6-2-1-3-7-17)26-14-12-25(13-15-26)22-19-8-4-5-9-21(19)30-24-22/h1-11H,12-16H2. The Balaban J connectivity index is 1.19. The van der Waals surface area contributed by atoms with E-state index in [1.165, 1.54) is 21.6 Å². The number of piperazine rings is 1. The maximum absolute atomic E-state index is 12.9. The summed E-state index contributed by atoms with van der Waals surface area (Å²) in [7, 11) is 0. The molecule has 2 aromatic heterocycles. The molecule has 0 bridgehead atoms. The second-order valence-electron chi connectivity index (χ2n) is 7.15. The third kappa shape index (κ3) is 3.76. The Bertz CT molecular complexity index is 1150. The average molecular weight is 420 g/mol. The molecule has 1 saturated heterocycles. The Labute approximate surface area is 178 Å². The van der Waals surface area contributed by atoms with E-state index in [1.54, 1.807) is 12.1 Å². The van der Waals surface area contributed by atoms with Gasteiger partial charge in [0.15, 0.2) is 5.76 Å². The molecule has 5 rings (SSSR count). The number of aromatic nitrogens is 1. The number of furan rings is 1. The lowest BCUT2D eigenvalue weighted by Crippen LogP contribution is -2.48. The largest absolute Gasteiger partial charge is 0.486 e. The van der Waals surface area contributed by atoms with Crippen LogP contribution in [0.3, 0.4) is 0 Å². The van der Waals surface area contributed by atoms with Crippen molar-refractivity contribution < 1.29 is 13.9 Å². The molecule has 0 atom stereocenters. The Morgan fingerprint density at radius 2 is 1.73 bits per heavy atom. The summed E-state index contributed by atoms with van der Waals surface area (Å²) in [4.78, 5) is 16.9. The number of para-hydroxylation sites is 1. The van der Waals surface area contributed by atoms with E-state index in [4.69, 9.17) is 9.15 Å². The second kappa shape index (κ2) is 8.20. The van der Waals surface area contributed by atoms with Gasteiger partial charge >= 0.3 is 0 Å². The fraction of sp³-hybridized carbons (Fsp3) is 0.217. The van der Waals surface area contributed by atoms with Crippen molar-refractivity contribution in [1.29, 1.82) is 0 Å². The minimum atomic E-state index is -0.0799. The Morgan fingerprint density at radius 1 is 0.967 bits per heavy atom. The lowest BCUT2D eigenvalue weighted by atomic mass is 10.2.